The van der Waals surface area contributed by atoms with E-state index in [4.69, 9.17) is 14.2 Å². The van der Waals surface area contributed by atoms with Gasteiger partial charge in [0.15, 0.2) is 11.5 Å². The monoisotopic (exact) mass is 280 g/mol. The predicted octanol–water partition coefficient (Wildman–Crippen LogP) is 0.922. The van der Waals surface area contributed by atoms with Gasteiger partial charge in [0.05, 0.1) is 28.4 Å². The Labute approximate surface area is 117 Å². The van der Waals surface area contributed by atoms with E-state index < -0.39 is 12.1 Å². The van der Waals surface area contributed by atoms with Crippen molar-refractivity contribution in [2.24, 2.45) is 0 Å². The SMILES string of the molecule is COC(=O)C#CC(O)c1ccc(OC)c(OC)c1OC. The Morgan fingerprint density at radius 1 is 1.10 bits per heavy atom. The third kappa shape index (κ3) is 3.33. The molecule has 0 aliphatic carbocycles. The second-order valence-corrected chi connectivity index (χ2v) is 3.59. The fraction of sp³-hybridized carbons (Fsp3) is 0.357. The van der Waals surface area contributed by atoms with Crippen LogP contribution in [0.3, 0.4) is 0 Å². The first-order valence-electron chi connectivity index (χ1n) is 5.65. The van der Waals surface area contributed by atoms with Crippen molar-refractivity contribution >= 4 is 5.97 Å². The zero-order valence-electron chi connectivity index (χ0n) is 11.7. The zero-order chi connectivity index (χ0) is 15.1. The van der Waals surface area contributed by atoms with Gasteiger partial charge in [-0.3, -0.25) is 0 Å². The van der Waals surface area contributed by atoms with Gasteiger partial charge in [-0.2, -0.15) is 0 Å². The highest BCUT2D eigenvalue weighted by molar-refractivity contribution is 5.88. The van der Waals surface area contributed by atoms with Crippen molar-refractivity contribution in [3.8, 4) is 29.1 Å². The number of aliphatic hydroxyl groups is 1. The molecule has 6 nitrogen and oxygen atoms in total. The molecule has 0 fully saturated rings. The summed E-state index contributed by atoms with van der Waals surface area (Å²) in [5.74, 6) is 4.88. The summed E-state index contributed by atoms with van der Waals surface area (Å²) in [6, 6.07) is 3.19. The predicted molar refractivity (Wildman–Crippen MR) is 70.8 cm³/mol. The van der Waals surface area contributed by atoms with Crippen molar-refractivity contribution in [1.29, 1.82) is 0 Å². The van der Waals surface area contributed by atoms with Crippen LogP contribution in [-0.4, -0.2) is 39.5 Å². The van der Waals surface area contributed by atoms with Crippen molar-refractivity contribution in [2.45, 2.75) is 6.10 Å². The lowest BCUT2D eigenvalue weighted by molar-refractivity contribution is -0.133. The van der Waals surface area contributed by atoms with Crippen LogP contribution in [0.5, 0.6) is 17.2 Å². The van der Waals surface area contributed by atoms with Gasteiger partial charge in [0.25, 0.3) is 0 Å². The standard InChI is InChI=1S/C14H16O6/c1-17-11-7-5-9(13(19-3)14(11)20-4)10(15)6-8-12(16)18-2/h5,7,10,15H,1-4H3. The molecule has 108 valence electrons. The molecule has 1 rings (SSSR count). The third-order valence-corrected chi connectivity index (χ3v) is 2.53. The molecule has 0 amide bonds. The first kappa shape index (κ1) is 15.7. The van der Waals surface area contributed by atoms with Crippen LogP contribution in [0.15, 0.2) is 12.1 Å². The van der Waals surface area contributed by atoms with Crippen LogP contribution < -0.4 is 14.2 Å². The molecule has 0 bridgehead atoms. The highest BCUT2D eigenvalue weighted by Gasteiger charge is 2.19. The van der Waals surface area contributed by atoms with Crippen LogP contribution in [-0.2, 0) is 9.53 Å². The van der Waals surface area contributed by atoms with Crippen molar-refractivity contribution in [3.63, 3.8) is 0 Å². The molecule has 0 saturated heterocycles. The molecule has 1 unspecified atom stereocenters. The second-order valence-electron chi connectivity index (χ2n) is 3.59. The van der Waals surface area contributed by atoms with Crippen molar-refractivity contribution in [2.75, 3.05) is 28.4 Å². The van der Waals surface area contributed by atoms with Crippen LogP contribution in [0.1, 0.15) is 11.7 Å². The maximum Gasteiger partial charge on any atom is 0.384 e. The highest BCUT2D eigenvalue weighted by atomic mass is 16.5. The summed E-state index contributed by atoms with van der Waals surface area (Å²) in [5, 5.41) is 10.0. The number of rotatable bonds is 4. The lowest BCUT2D eigenvalue weighted by Crippen LogP contribution is -2.03. The topological polar surface area (TPSA) is 74.2 Å². The highest BCUT2D eigenvalue weighted by Crippen LogP contribution is 2.41. The molecule has 1 N–H and O–H groups in total. The molecule has 0 heterocycles. The van der Waals surface area contributed by atoms with Gasteiger partial charge in [-0.05, 0) is 12.1 Å². The fourth-order valence-electron chi connectivity index (χ4n) is 1.60. The van der Waals surface area contributed by atoms with Crippen LogP contribution in [0.25, 0.3) is 0 Å². The van der Waals surface area contributed by atoms with E-state index in [-0.39, 0.29) is 0 Å². The molecule has 1 aromatic carbocycles. The molecular formula is C14H16O6. The summed E-state index contributed by atoms with van der Waals surface area (Å²) >= 11 is 0. The van der Waals surface area contributed by atoms with E-state index in [1.54, 1.807) is 12.1 Å². The third-order valence-electron chi connectivity index (χ3n) is 2.53. The van der Waals surface area contributed by atoms with Gasteiger partial charge in [0.2, 0.25) is 5.75 Å². The van der Waals surface area contributed by atoms with Crippen LogP contribution in [0.2, 0.25) is 0 Å². The van der Waals surface area contributed by atoms with Crippen molar-refractivity contribution in [1.82, 2.24) is 0 Å². The van der Waals surface area contributed by atoms with Gasteiger partial charge in [-0.25, -0.2) is 4.79 Å². The Morgan fingerprint density at radius 3 is 2.25 bits per heavy atom. The molecular weight excluding hydrogens is 264 g/mol. The summed E-state index contributed by atoms with van der Waals surface area (Å²) < 4.78 is 19.9. The molecule has 1 aromatic rings. The largest absolute Gasteiger partial charge is 0.493 e. The second kappa shape index (κ2) is 7.26. The van der Waals surface area contributed by atoms with Gasteiger partial charge >= 0.3 is 5.97 Å². The Bertz CT molecular complexity index is 541. The molecule has 0 aliphatic heterocycles. The number of carbonyl (C=O) groups excluding carboxylic acids is 1. The summed E-state index contributed by atoms with van der Waals surface area (Å²) in [6.07, 6.45) is -1.22. The van der Waals surface area contributed by atoms with Gasteiger partial charge < -0.3 is 24.1 Å². The molecule has 20 heavy (non-hydrogen) atoms. The lowest BCUT2D eigenvalue weighted by Gasteiger charge is -2.16. The first-order chi connectivity index (χ1) is 9.58. The van der Waals surface area contributed by atoms with E-state index in [0.717, 1.165) is 0 Å². The molecule has 0 spiro atoms. The van der Waals surface area contributed by atoms with E-state index in [1.165, 1.54) is 28.4 Å². The Balaban J connectivity index is 3.23. The maximum absolute atomic E-state index is 10.9. The first-order valence-corrected chi connectivity index (χ1v) is 5.65. The molecule has 1 atom stereocenters. The minimum atomic E-state index is -1.22. The smallest absolute Gasteiger partial charge is 0.384 e. The zero-order valence-corrected chi connectivity index (χ0v) is 11.7. The Hall–Kier alpha value is -2.39. The number of esters is 1. The molecule has 0 aliphatic rings. The number of hydrogen-bond acceptors (Lipinski definition) is 6. The van der Waals surface area contributed by atoms with Crippen LogP contribution in [0.4, 0.5) is 0 Å². The number of aliphatic hydroxyl groups excluding tert-OH is 1. The Kier molecular flexibility index (Phi) is 5.69. The van der Waals surface area contributed by atoms with Gasteiger partial charge in [-0.1, -0.05) is 5.92 Å². The van der Waals surface area contributed by atoms with E-state index >= 15 is 0 Å². The number of methoxy groups -OCH3 is 4. The van der Waals surface area contributed by atoms with Crippen molar-refractivity contribution < 1.29 is 28.8 Å². The van der Waals surface area contributed by atoms with Gasteiger partial charge in [-0.15, -0.1) is 0 Å². The van der Waals surface area contributed by atoms with Crippen LogP contribution >= 0.6 is 0 Å². The maximum atomic E-state index is 10.9. The Morgan fingerprint density at radius 2 is 1.75 bits per heavy atom. The van der Waals surface area contributed by atoms with Crippen molar-refractivity contribution in [3.05, 3.63) is 17.7 Å². The quantitative estimate of drug-likeness (QED) is 0.502. The number of ether oxygens (including phenoxy) is 4. The molecule has 0 saturated carbocycles. The van der Waals surface area contributed by atoms with E-state index in [1.807, 2.05) is 0 Å². The summed E-state index contributed by atoms with van der Waals surface area (Å²) in [4.78, 5) is 10.9. The number of carbonyl (C=O) groups is 1. The van der Waals surface area contributed by atoms with E-state index in [9.17, 15) is 9.90 Å². The molecule has 6 heteroatoms. The van der Waals surface area contributed by atoms with Gasteiger partial charge in [0.1, 0.15) is 6.10 Å². The normalized spacial score (nSPS) is 10.8. The minimum Gasteiger partial charge on any atom is -0.493 e. The number of hydrogen-bond donors (Lipinski definition) is 1. The van der Waals surface area contributed by atoms with E-state index in [2.05, 4.69) is 16.6 Å². The molecule has 0 aromatic heterocycles. The average Bonchev–Trinajstić information content (AvgIpc) is 2.50. The summed E-state index contributed by atoms with van der Waals surface area (Å²) in [5.41, 5.74) is 0.363. The number of benzene rings is 1. The fourth-order valence-corrected chi connectivity index (χ4v) is 1.60. The summed E-state index contributed by atoms with van der Waals surface area (Å²) in [7, 11) is 5.59. The average molecular weight is 280 g/mol. The van der Waals surface area contributed by atoms with Gasteiger partial charge in [0, 0.05) is 11.5 Å². The summed E-state index contributed by atoms with van der Waals surface area (Å²) in [6.45, 7) is 0. The molecule has 0 radical (unpaired) electrons. The van der Waals surface area contributed by atoms with Crippen LogP contribution in [0, 0.1) is 11.8 Å². The minimum absolute atomic E-state index is 0.290. The lowest BCUT2D eigenvalue weighted by atomic mass is 10.1. The van der Waals surface area contributed by atoms with E-state index in [0.29, 0.717) is 22.8 Å².